The number of hydrogen-bond donors (Lipinski definition) is 1. The van der Waals surface area contributed by atoms with Gasteiger partial charge >= 0.3 is 0 Å². The number of rotatable bonds is 1. The highest BCUT2D eigenvalue weighted by Gasteiger charge is 2.35. The molecule has 1 N–H and O–H groups in total. The highest BCUT2D eigenvalue weighted by molar-refractivity contribution is 5.54. The molecule has 0 bridgehead atoms. The SMILES string of the molecule is c1cc2c(c3c1CCO[C@H]3C1CCCN1)OCO2. The van der Waals surface area contributed by atoms with Crippen LogP contribution < -0.4 is 14.8 Å². The number of ether oxygens (including phenoxy) is 3. The molecule has 96 valence electrons. The van der Waals surface area contributed by atoms with Gasteiger partial charge in [-0.3, -0.25) is 0 Å². The molecule has 0 saturated carbocycles. The molecule has 2 atom stereocenters. The van der Waals surface area contributed by atoms with Crippen LogP contribution >= 0.6 is 0 Å². The van der Waals surface area contributed by atoms with E-state index in [2.05, 4.69) is 11.4 Å². The maximum Gasteiger partial charge on any atom is 0.231 e. The lowest BCUT2D eigenvalue weighted by atomic mass is 9.91. The van der Waals surface area contributed by atoms with Crippen molar-refractivity contribution < 1.29 is 14.2 Å². The zero-order valence-corrected chi connectivity index (χ0v) is 10.3. The molecule has 4 nitrogen and oxygen atoms in total. The zero-order chi connectivity index (χ0) is 11.9. The Bertz CT molecular complexity index is 468. The van der Waals surface area contributed by atoms with Crippen LogP contribution in [0.4, 0.5) is 0 Å². The Kier molecular flexibility index (Phi) is 2.45. The van der Waals surface area contributed by atoms with Crippen molar-refractivity contribution in [2.75, 3.05) is 19.9 Å². The molecule has 4 rings (SSSR count). The Morgan fingerprint density at radius 1 is 1.22 bits per heavy atom. The molecule has 1 aromatic rings. The second kappa shape index (κ2) is 4.14. The van der Waals surface area contributed by atoms with Gasteiger partial charge in [0.2, 0.25) is 6.79 Å². The van der Waals surface area contributed by atoms with Gasteiger partial charge in [0.05, 0.1) is 6.61 Å². The minimum absolute atomic E-state index is 0.118. The fraction of sp³-hybridized carbons (Fsp3) is 0.571. The second-order valence-corrected chi connectivity index (χ2v) is 5.12. The van der Waals surface area contributed by atoms with Gasteiger partial charge in [-0.05, 0) is 37.4 Å². The summed E-state index contributed by atoms with van der Waals surface area (Å²) in [6.07, 6.45) is 3.49. The predicted octanol–water partition coefficient (Wildman–Crippen LogP) is 1.78. The van der Waals surface area contributed by atoms with Gasteiger partial charge in [-0.25, -0.2) is 0 Å². The quantitative estimate of drug-likeness (QED) is 0.821. The minimum atomic E-state index is 0.118. The van der Waals surface area contributed by atoms with Crippen molar-refractivity contribution in [1.82, 2.24) is 5.32 Å². The molecule has 18 heavy (non-hydrogen) atoms. The Labute approximate surface area is 106 Å². The van der Waals surface area contributed by atoms with Crippen molar-refractivity contribution in [2.24, 2.45) is 0 Å². The van der Waals surface area contributed by atoms with Crippen LogP contribution in [0.25, 0.3) is 0 Å². The molecular weight excluding hydrogens is 230 g/mol. The lowest BCUT2D eigenvalue weighted by Gasteiger charge is -2.31. The summed E-state index contributed by atoms with van der Waals surface area (Å²) in [5, 5.41) is 3.54. The van der Waals surface area contributed by atoms with Crippen molar-refractivity contribution in [1.29, 1.82) is 0 Å². The highest BCUT2D eigenvalue weighted by atomic mass is 16.7. The number of nitrogens with one attached hydrogen (secondary N) is 1. The Hall–Kier alpha value is -1.26. The fourth-order valence-electron chi connectivity index (χ4n) is 3.23. The van der Waals surface area contributed by atoms with Gasteiger partial charge in [-0.2, -0.15) is 0 Å². The van der Waals surface area contributed by atoms with Crippen molar-refractivity contribution in [3.63, 3.8) is 0 Å². The van der Waals surface area contributed by atoms with Gasteiger partial charge in [0.1, 0.15) is 6.10 Å². The third-order valence-corrected chi connectivity index (χ3v) is 4.09. The Morgan fingerprint density at radius 2 is 2.22 bits per heavy atom. The van der Waals surface area contributed by atoms with Gasteiger partial charge in [0.25, 0.3) is 0 Å². The second-order valence-electron chi connectivity index (χ2n) is 5.12. The average molecular weight is 247 g/mol. The minimum Gasteiger partial charge on any atom is -0.454 e. The summed E-state index contributed by atoms with van der Waals surface area (Å²) >= 11 is 0. The van der Waals surface area contributed by atoms with Crippen molar-refractivity contribution in [2.45, 2.75) is 31.4 Å². The maximum absolute atomic E-state index is 6.02. The normalized spacial score (nSPS) is 29.3. The van der Waals surface area contributed by atoms with E-state index in [0.29, 0.717) is 12.8 Å². The van der Waals surface area contributed by atoms with Gasteiger partial charge in [0, 0.05) is 11.6 Å². The summed E-state index contributed by atoms with van der Waals surface area (Å²) in [7, 11) is 0. The number of hydrogen-bond acceptors (Lipinski definition) is 4. The van der Waals surface area contributed by atoms with Crippen LogP contribution in [0.5, 0.6) is 11.5 Å². The number of benzene rings is 1. The van der Waals surface area contributed by atoms with Crippen molar-refractivity contribution >= 4 is 0 Å². The molecule has 3 heterocycles. The standard InChI is InChI=1S/C14H17NO3/c1-2-10(15-6-1)13-12-9(5-7-16-13)3-4-11-14(12)18-8-17-11/h3-4,10,13,15H,1-2,5-8H2/t10?,13-/m0/s1. The molecule has 0 spiro atoms. The summed E-state index contributed by atoms with van der Waals surface area (Å²) in [5.41, 5.74) is 2.57. The molecule has 0 amide bonds. The molecule has 4 heteroatoms. The first-order chi connectivity index (χ1) is 8.93. The molecule has 1 unspecified atom stereocenters. The largest absolute Gasteiger partial charge is 0.454 e. The Morgan fingerprint density at radius 3 is 3.11 bits per heavy atom. The van der Waals surface area contributed by atoms with Gasteiger partial charge in [0.15, 0.2) is 11.5 Å². The summed E-state index contributed by atoms with van der Waals surface area (Å²) in [5.74, 6) is 1.77. The Balaban J connectivity index is 1.79. The third kappa shape index (κ3) is 1.52. The van der Waals surface area contributed by atoms with E-state index in [9.17, 15) is 0 Å². The van der Waals surface area contributed by atoms with Crippen LogP contribution in [0.1, 0.15) is 30.1 Å². The first-order valence-corrected chi connectivity index (χ1v) is 6.70. The van der Waals surface area contributed by atoms with E-state index < -0.39 is 0 Å². The first kappa shape index (κ1) is 10.6. The van der Waals surface area contributed by atoms with E-state index in [1.807, 2.05) is 6.07 Å². The predicted molar refractivity (Wildman–Crippen MR) is 66.0 cm³/mol. The van der Waals surface area contributed by atoms with E-state index in [0.717, 1.165) is 31.1 Å². The van der Waals surface area contributed by atoms with Gasteiger partial charge in [-0.1, -0.05) is 6.07 Å². The van der Waals surface area contributed by atoms with Crippen LogP contribution in [0.2, 0.25) is 0 Å². The van der Waals surface area contributed by atoms with E-state index in [-0.39, 0.29) is 6.10 Å². The summed E-state index contributed by atoms with van der Waals surface area (Å²) in [6.45, 7) is 2.22. The molecule has 1 fully saturated rings. The lowest BCUT2D eigenvalue weighted by Crippen LogP contribution is -2.34. The maximum atomic E-state index is 6.02. The van der Waals surface area contributed by atoms with E-state index in [1.165, 1.54) is 24.0 Å². The highest BCUT2D eigenvalue weighted by Crippen LogP contribution is 2.45. The smallest absolute Gasteiger partial charge is 0.231 e. The van der Waals surface area contributed by atoms with E-state index in [4.69, 9.17) is 14.2 Å². The molecule has 1 saturated heterocycles. The topological polar surface area (TPSA) is 39.7 Å². The number of fused-ring (bicyclic) bond motifs is 3. The van der Waals surface area contributed by atoms with E-state index in [1.54, 1.807) is 0 Å². The molecule has 1 aromatic carbocycles. The van der Waals surface area contributed by atoms with Crippen molar-refractivity contribution in [3.8, 4) is 11.5 Å². The molecule has 0 radical (unpaired) electrons. The summed E-state index contributed by atoms with van der Waals surface area (Å²) < 4.78 is 17.1. The fourth-order valence-corrected chi connectivity index (χ4v) is 3.23. The van der Waals surface area contributed by atoms with E-state index >= 15 is 0 Å². The lowest BCUT2D eigenvalue weighted by molar-refractivity contribution is 0.0179. The van der Waals surface area contributed by atoms with Crippen molar-refractivity contribution in [3.05, 3.63) is 23.3 Å². The van der Waals surface area contributed by atoms with Gasteiger partial charge in [-0.15, -0.1) is 0 Å². The third-order valence-electron chi connectivity index (χ3n) is 4.09. The molecule has 3 aliphatic heterocycles. The molecule has 0 aliphatic carbocycles. The molecular formula is C14H17NO3. The monoisotopic (exact) mass is 247 g/mol. The van der Waals surface area contributed by atoms with Crippen LogP contribution in [-0.4, -0.2) is 26.0 Å². The van der Waals surface area contributed by atoms with Crippen LogP contribution in [-0.2, 0) is 11.2 Å². The molecule has 0 aromatic heterocycles. The zero-order valence-electron chi connectivity index (χ0n) is 10.3. The summed E-state index contributed by atoms with van der Waals surface area (Å²) in [6, 6.07) is 4.60. The molecule has 3 aliphatic rings. The first-order valence-electron chi connectivity index (χ1n) is 6.70. The summed E-state index contributed by atoms with van der Waals surface area (Å²) in [4.78, 5) is 0. The van der Waals surface area contributed by atoms with Crippen LogP contribution in [0.3, 0.4) is 0 Å². The average Bonchev–Trinajstić information content (AvgIpc) is 3.09. The van der Waals surface area contributed by atoms with Crippen LogP contribution in [0, 0.1) is 0 Å². The van der Waals surface area contributed by atoms with Gasteiger partial charge < -0.3 is 19.5 Å². The van der Waals surface area contributed by atoms with Crippen LogP contribution in [0.15, 0.2) is 12.1 Å².